The molecule has 3 heterocycles. The van der Waals surface area contributed by atoms with Crippen LogP contribution in [0.15, 0.2) is 54.6 Å². The van der Waals surface area contributed by atoms with Gasteiger partial charge >= 0.3 is 5.97 Å². The molecule has 212 valence electrons. The van der Waals surface area contributed by atoms with Crippen LogP contribution in [0.1, 0.15) is 42.6 Å². The first-order valence-electron chi connectivity index (χ1n) is 13.9. The molecule has 1 amide bonds. The molecular weight excluding hydrogens is 513 g/mol. The van der Waals surface area contributed by atoms with Crippen LogP contribution in [-0.2, 0) is 14.9 Å². The van der Waals surface area contributed by atoms with Crippen LogP contribution in [-0.4, -0.2) is 79.5 Å². The molecule has 0 bridgehead atoms. The number of methoxy groups -OCH3 is 1. The number of nitrogens with one attached hydrogen (secondary N) is 1. The molecule has 2 fully saturated rings. The van der Waals surface area contributed by atoms with E-state index in [0.717, 1.165) is 30.8 Å². The van der Waals surface area contributed by atoms with Crippen molar-refractivity contribution in [3.8, 4) is 5.75 Å². The number of hydrogen-bond acceptors (Lipinski definition) is 7. The van der Waals surface area contributed by atoms with Gasteiger partial charge in [0.15, 0.2) is 0 Å². The van der Waals surface area contributed by atoms with Crippen LogP contribution in [0.5, 0.6) is 5.75 Å². The van der Waals surface area contributed by atoms with E-state index in [0.29, 0.717) is 12.2 Å². The molecule has 6 atom stereocenters. The average molecular weight is 550 g/mol. The number of aliphatic hydroxyl groups is 1. The van der Waals surface area contributed by atoms with Crippen molar-refractivity contribution in [1.29, 1.82) is 0 Å². The molecule has 0 aromatic heterocycles. The predicted molar refractivity (Wildman–Crippen MR) is 148 cm³/mol. The number of likely N-dealkylation sites (N-methyl/N-ethyl adjacent to an activating group) is 1. The van der Waals surface area contributed by atoms with Gasteiger partial charge in [-0.3, -0.25) is 14.5 Å². The normalized spacial score (nSPS) is 33.6. The van der Waals surface area contributed by atoms with Gasteiger partial charge in [0.1, 0.15) is 23.3 Å². The highest BCUT2D eigenvalue weighted by atomic mass is 19.1. The van der Waals surface area contributed by atoms with E-state index in [4.69, 9.17) is 9.47 Å². The van der Waals surface area contributed by atoms with Gasteiger partial charge in [-0.05, 0) is 55.3 Å². The number of esters is 1. The first kappa shape index (κ1) is 26.8. The summed E-state index contributed by atoms with van der Waals surface area (Å²) in [6.07, 6.45) is 4.74. The standard InChI is InChI=1S/C31H36FN3O5/c1-5-29-13-6-15-35-16-14-30(26(29)35)23-12-11-22(39-4)17-24(23)34(3)27(30)31(38,28(29)40-19(2)36)18-33-25(37)20-7-9-21(32)10-8-20/h6-13,17,26-28,38H,5,14-16,18H2,1-4H3,(H,33,37)/t26-,27+,28+,29+,30+,31-/m0/s1. The highest BCUT2D eigenvalue weighted by Gasteiger charge is 2.77. The number of carbonyl (C=O) groups excluding carboxylic acids is 2. The first-order valence-corrected chi connectivity index (χ1v) is 13.9. The van der Waals surface area contributed by atoms with Crippen molar-refractivity contribution in [3.63, 3.8) is 0 Å². The summed E-state index contributed by atoms with van der Waals surface area (Å²) in [7, 11) is 3.58. The number of ether oxygens (including phenoxy) is 2. The van der Waals surface area contributed by atoms with Gasteiger partial charge in [0.05, 0.1) is 19.7 Å². The number of halogens is 1. The lowest BCUT2D eigenvalue weighted by atomic mass is 9.47. The van der Waals surface area contributed by atoms with Gasteiger partial charge in [0.2, 0.25) is 0 Å². The first-order chi connectivity index (χ1) is 19.1. The molecule has 8 nitrogen and oxygen atoms in total. The molecule has 2 aromatic carbocycles. The van der Waals surface area contributed by atoms with E-state index in [1.807, 2.05) is 19.2 Å². The van der Waals surface area contributed by atoms with E-state index >= 15 is 0 Å². The Labute approximate surface area is 233 Å². The van der Waals surface area contributed by atoms with Gasteiger partial charge in [0.25, 0.3) is 5.91 Å². The average Bonchev–Trinajstić information content (AvgIpc) is 3.46. The third-order valence-electron chi connectivity index (χ3n) is 9.85. The van der Waals surface area contributed by atoms with Crippen LogP contribution < -0.4 is 15.0 Å². The molecule has 0 radical (unpaired) electrons. The Morgan fingerprint density at radius 3 is 2.60 bits per heavy atom. The number of hydrogen-bond donors (Lipinski definition) is 2. The van der Waals surface area contributed by atoms with Crippen molar-refractivity contribution in [2.45, 2.75) is 55.9 Å². The van der Waals surface area contributed by atoms with E-state index in [2.05, 4.69) is 40.3 Å². The Balaban J connectivity index is 1.53. The summed E-state index contributed by atoms with van der Waals surface area (Å²) in [6.45, 7) is 4.88. The van der Waals surface area contributed by atoms with Crippen molar-refractivity contribution in [3.05, 3.63) is 71.6 Å². The summed E-state index contributed by atoms with van der Waals surface area (Å²) in [5.74, 6) is -0.655. The van der Waals surface area contributed by atoms with Gasteiger partial charge in [-0.15, -0.1) is 0 Å². The van der Waals surface area contributed by atoms with Crippen LogP contribution in [0.3, 0.4) is 0 Å². The van der Waals surface area contributed by atoms with E-state index in [-0.39, 0.29) is 18.2 Å². The number of fused-ring (bicyclic) bond motifs is 1. The summed E-state index contributed by atoms with van der Waals surface area (Å²) < 4.78 is 25.2. The van der Waals surface area contributed by atoms with Crippen molar-refractivity contribution in [2.24, 2.45) is 5.41 Å². The fourth-order valence-corrected chi connectivity index (χ4v) is 8.57. The summed E-state index contributed by atoms with van der Waals surface area (Å²) in [4.78, 5) is 30.4. The number of benzene rings is 2. The lowest BCUT2D eigenvalue weighted by Crippen LogP contribution is -2.81. The Morgan fingerprint density at radius 1 is 1.18 bits per heavy atom. The maximum Gasteiger partial charge on any atom is 0.303 e. The summed E-state index contributed by atoms with van der Waals surface area (Å²) in [5, 5.41) is 15.9. The molecule has 3 aliphatic heterocycles. The summed E-state index contributed by atoms with van der Waals surface area (Å²) in [6, 6.07) is 10.8. The number of amides is 1. The van der Waals surface area contributed by atoms with E-state index in [1.165, 1.54) is 31.2 Å². The van der Waals surface area contributed by atoms with Crippen LogP contribution in [0, 0.1) is 11.2 Å². The zero-order valence-corrected chi connectivity index (χ0v) is 23.3. The molecule has 1 saturated heterocycles. The fraction of sp³-hybridized carbons (Fsp3) is 0.484. The maximum atomic E-state index is 13.5. The van der Waals surface area contributed by atoms with E-state index < -0.39 is 46.3 Å². The maximum absolute atomic E-state index is 13.5. The second-order valence-electron chi connectivity index (χ2n) is 11.6. The SMILES string of the molecule is CC[C@]12C=CCN3CC[C@@]4(c5ccc(OC)cc5N(C)[C@H]4[C@@](O)(CNC(=O)c4ccc(F)cc4)[C@@H]1OC(C)=O)[C@@H]32. The van der Waals surface area contributed by atoms with Gasteiger partial charge < -0.3 is 24.8 Å². The zero-order valence-electron chi connectivity index (χ0n) is 23.3. The highest BCUT2D eigenvalue weighted by Crippen LogP contribution is 2.67. The largest absolute Gasteiger partial charge is 0.497 e. The third kappa shape index (κ3) is 3.50. The number of rotatable bonds is 6. The van der Waals surface area contributed by atoms with Gasteiger partial charge in [-0.1, -0.05) is 25.1 Å². The molecule has 4 aliphatic rings. The highest BCUT2D eigenvalue weighted by molar-refractivity contribution is 5.94. The van der Waals surface area contributed by atoms with Crippen molar-refractivity contribution in [1.82, 2.24) is 10.2 Å². The fourth-order valence-electron chi connectivity index (χ4n) is 8.57. The molecular formula is C31H36FN3O5. The molecule has 6 rings (SSSR count). The predicted octanol–water partition coefficient (Wildman–Crippen LogP) is 3.04. The molecule has 1 saturated carbocycles. The quantitative estimate of drug-likeness (QED) is 0.423. The second-order valence-corrected chi connectivity index (χ2v) is 11.6. The number of anilines is 1. The molecule has 2 N–H and O–H groups in total. The minimum absolute atomic E-state index is 0.0329. The molecule has 1 spiro atoms. The van der Waals surface area contributed by atoms with Crippen molar-refractivity contribution in [2.75, 3.05) is 38.7 Å². The van der Waals surface area contributed by atoms with Crippen molar-refractivity contribution >= 4 is 17.6 Å². The molecule has 40 heavy (non-hydrogen) atoms. The number of nitrogens with zero attached hydrogens (tertiary/aromatic N) is 2. The Bertz CT molecular complexity index is 1380. The van der Waals surface area contributed by atoms with Crippen molar-refractivity contribution < 1.29 is 28.6 Å². The third-order valence-corrected chi connectivity index (χ3v) is 9.85. The van der Waals surface area contributed by atoms with Crippen LogP contribution in [0.2, 0.25) is 0 Å². The molecule has 2 aromatic rings. The Morgan fingerprint density at radius 2 is 1.93 bits per heavy atom. The molecule has 1 aliphatic carbocycles. The van der Waals surface area contributed by atoms with E-state index in [9.17, 15) is 19.1 Å². The Kier molecular flexibility index (Phi) is 6.23. The summed E-state index contributed by atoms with van der Waals surface area (Å²) in [5.41, 5.74) is -0.506. The lowest BCUT2D eigenvalue weighted by Gasteiger charge is -2.64. The monoisotopic (exact) mass is 549 g/mol. The summed E-state index contributed by atoms with van der Waals surface area (Å²) >= 11 is 0. The second kappa shape index (κ2) is 9.31. The molecule has 0 unspecified atom stereocenters. The lowest BCUT2D eigenvalue weighted by molar-refractivity contribution is -0.216. The Hall–Kier alpha value is -3.43. The minimum atomic E-state index is -1.67. The number of carbonyl (C=O) groups is 2. The minimum Gasteiger partial charge on any atom is -0.497 e. The smallest absolute Gasteiger partial charge is 0.303 e. The topological polar surface area (TPSA) is 91.3 Å². The van der Waals surface area contributed by atoms with Crippen LogP contribution in [0.25, 0.3) is 0 Å². The van der Waals surface area contributed by atoms with Gasteiger partial charge in [-0.2, -0.15) is 0 Å². The van der Waals surface area contributed by atoms with Crippen LogP contribution in [0.4, 0.5) is 10.1 Å². The van der Waals surface area contributed by atoms with Crippen LogP contribution >= 0.6 is 0 Å². The van der Waals surface area contributed by atoms with Gasteiger partial charge in [-0.25, -0.2) is 4.39 Å². The zero-order chi connectivity index (χ0) is 28.4. The molecule has 9 heteroatoms. The van der Waals surface area contributed by atoms with E-state index in [1.54, 1.807) is 7.11 Å². The van der Waals surface area contributed by atoms with Gasteiger partial charge in [0, 0.05) is 54.7 Å².